The Hall–Kier alpha value is -0.670. The molecule has 0 radical (unpaired) electrons. The summed E-state index contributed by atoms with van der Waals surface area (Å²) < 4.78 is 10.1. The third-order valence-electron chi connectivity index (χ3n) is 2.20. The summed E-state index contributed by atoms with van der Waals surface area (Å²) in [7, 11) is 3.08. The second-order valence-electron chi connectivity index (χ2n) is 3.55. The van der Waals surface area contributed by atoms with Gasteiger partial charge in [0.1, 0.15) is 5.54 Å². The van der Waals surface area contributed by atoms with E-state index >= 15 is 0 Å². The molecule has 0 aliphatic carbocycles. The number of ether oxygens (including phenoxy) is 2. The van der Waals surface area contributed by atoms with Crippen LogP contribution in [0.3, 0.4) is 0 Å². The average molecular weight is 216 g/mol. The number of rotatable bonds is 8. The molecule has 0 fully saturated rings. The molecule has 0 aromatic carbocycles. The number of nitrogens with zero attached hydrogens (tertiary/aromatic N) is 1. The first kappa shape index (κ1) is 14.3. The molecule has 88 valence electrons. The van der Waals surface area contributed by atoms with E-state index in [9.17, 15) is 0 Å². The van der Waals surface area contributed by atoms with Crippen molar-refractivity contribution in [1.29, 1.82) is 5.26 Å². The Morgan fingerprint density at radius 3 is 2.47 bits per heavy atom. The standard InChI is InChI=1S/C10H20N2O3/c1-10(8-11,12-5-4-6-13)7-9(14-2)15-3/h9,12-13H,4-7H2,1-3H3. The summed E-state index contributed by atoms with van der Waals surface area (Å²) >= 11 is 0. The van der Waals surface area contributed by atoms with Crippen LogP contribution in [-0.2, 0) is 9.47 Å². The minimum Gasteiger partial charge on any atom is -0.396 e. The summed E-state index contributed by atoms with van der Waals surface area (Å²) in [5.41, 5.74) is -0.689. The Labute approximate surface area is 91.0 Å². The van der Waals surface area contributed by atoms with Crippen molar-refractivity contribution in [2.45, 2.75) is 31.6 Å². The highest BCUT2D eigenvalue weighted by molar-refractivity contribution is 5.04. The van der Waals surface area contributed by atoms with Gasteiger partial charge in [-0.1, -0.05) is 0 Å². The fourth-order valence-corrected chi connectivity index (χ4v) is 1.20. The van der Waals surface area contributed by atoms with Gasteiger partial charge in [-0.25, -0.2) is 0 Å². The lowest BCUT2D eigenvalue weighted by Gasteiger charge is -2.26. The van der Waals surface area contributed by atoms with Gasteiger partial charge >= 0.3 is 0 Å². The van der Waals surface area contributed by atoms with E-state index < -0.39 is 11.8 Å². The highest BCUT2D eigenvalue weighted by Gasteiger charge is 2.27. The molecule has 1 atom stereocenters. The Morgan fingerprint density at radius 1 is 1.47 bits per heavy atom. The van der Waals surface area contributed by atoms with Crippen molar-refractivity contribution in [3.05, 3.63) is 0 Å². The lowest BCUT2D eigenvalue weighted by atomic mass is 9.99. The van der Waals surface area contributed by atoms with Crippen LogP contribution in [0.5, 0.6) is 0 Å². The highest BCUT2D eigenvalue weighted by Crippen LogP contribution is 2.13. The van der Waals surface area contributed by atoms with Crippen LogP contribution in [0.15, 0.2) is 0 Å². The highest BCUT2D eigenvalue weighted by atomic mass is 16.7. The Morgan fingerprint density at radius 2 is 2.07 bits per heavy atom. The summed E-state index contributed by atoms with van der Waals surface area (Å²) in [6.45, 7) is 2.50. The molecular formula is C10H20N2O3. The van der Waals surface area contributed by atoms with E-state index in [1.165, 1.54) is 0 Å². The zero-order chi connectivity index (χ0) is 11.7. The van der Waals surface area contributed by atoms with E-state index in [-0.39, 0.29) is 6.61 Å². The van der Waals surface area contributed by atoms with Crippen molar-refractivity contribution < 1.29 is 14.6 Å². The summed E-state index contributed by atoms with van der Waals surface area (Å²) in [6.07, 6.45) is 0.681. The summed E-state index contributed by atoms with van der Waals surface area (Å²) in [6, 6.07) is 2.18. The van der Waals surface area contributed by atoms with Gasteiger partial charge in [-0.2, -0.15) is 5.26 Å². The van der Waals surface area contributed by atoms with Crippen LogP contribution in [0.4, 0.5) is 0 Å². The van der Waals surface area contributed by atoms with E-state index in [1.54, 1.807) is 21.1 Å². The summed E-state index contributed by atoms with van der Waals surface area (Å²) in [5, 5.41) is 20.7. The first-order valence-electron chi connectivity index (χ1n) is 4.94. The first-order chi connectivity index (χ1) is 7.11. The topological polar surface area (TPSA) is 74.5 Å². The van der Waals surface area contributed by atoms with Crippen molar-refractivity contribution in [3.63, 3.8) is 0 Å². The number of hydrogen-bond acceptors (Lipinski definition) is 5. The molecule has 0 aromatic heterocycles. The molecular weight excluding hydrogens is 196 g/mol. The minimum absolute atomic E-state index is 0.118. The van der Waals surface area contributed by atoms with Gasteiger partial charge in [-0.3, -0.25) is 5.32 Å². The van der Waals surface area contributed by atoms with Gasteiger partial charge in [0.2, 0.25) is 0 Å². The molecule has 2 N–H and O–H groups in total. The molecule has 0 saturated heterocycles. The lowest BCUT2D eigenvalue weighted by Crippen LogP contribution is -2.45. The Kier molecular flexibility index (Phi) is 7.26. The van der Waals surface area contributed by atoms with Crippen LogP contribution in [0, 0.1) is 11.3 Å². The van der Waals surface area contributed by atoms with Gasteiger partial charge < -0.3 is 14.6 Å². The predicted molar refractivity (Wildman–Crippen MR) is 56.1 cm³/mol. The quantitative estimate of drug-likeness (QED) is 0.449. The van der Waals surface area contributed by atoms with Gasteiger partial charge in [-0.05, 0) is 19.9 Å². The number of nitrogens with one attached hydrogen (secondary N) is 1. The van der Waals surface area contributed by atoms with E-state index in [0.29, 0.717) is 19.4 Å². The van der Waals surface area contributed by atoms with E-state index in [2.05, 4.69) is 11.4 Å². The van der Waals surface area contributed by atoms with Crippen LogP contribution in [0.25, 0.3) is 0 Å². The van der Waals surface area contributed by atoms with Crippen LogP contribution in [0.2, 0.25) is 0 Å². The molecule has 0 aliphatic rings. The Bertz CT molecular complexity index is 201. The molecule has 15 heavy (non-hydrogen) atoms. The monoisotopic (exact) mass is 216 g/mol. The van der Waals surface area contributed by atoms with E-state index in [0.717, 1.165) is 0 Å². The average Bonchev–Trinajstić information content (AvgIpc) is 2.26. The van der Waals surface area contributed by atoms with Crippen molar-refractivity contribution >= 4 is 0 Å². The third kappa shape index (κ3) is 5.70. The molecule has 1 unspecified atom stereocenters. The molecule has 0 aromatic rings. The van der Waals surface area contributed by atoms with Crippen LogP contribution >= 0.6 is 0 Å². The van der Waals surface area contributed by atoms with E-state index in [1.807, 2.05) is 0 Å². The number of aliphatic hydroxyl groups is 1. The molecule has 0 amide bonds. The van der Waals surface area contributed by atoms with Gasteiger partial charge in [0, 0.05) is 27.2 Å². The molecule has 0 heterocycles. The smallest absolute Gasteiger partial charge is 0.159 e. The van der Waals surface area contributed by atoms with Crippen molar-refractivity contribution in [3.8, 4) is 6.07 Å². The Balaban J connectivity index is 4.12. The largest absolute Gasteiger partial charge is 0.396 e. The van der Waals surface area contributed by atoms with E-state index in [4.69, 9.17) is 19.8 Å². The maximum absolute atomic E-state index is 9.04. The van der Waals surface area contributed by atoms with Crippen LogP contribution in [-0.4, -0.2) is 44.3 Å². The molecule has 0 aliphatic heterocycles. The zero-order valence-electron chi connectivity index (χ0n) is 9.62. The second kappa shape index (κ2) is 7.60. The van der Waals surface area contributed by atoms with Crippen LogP contribution in [0.1, 0.15) is 19.8 Å². The van der Waals surface area contributed by atoms with Gasteiger partial charge in [-0.15, -0.1) is 0 Å². The molecule has 0 bridgehead atoms. The van der Waals surface area contributed by atoms with Gasteiger partial charge in [0.25, 0.3) is 0 Å². The molecule has 0 spiro atoms. The minimum atomic E-state index is -0.689. The summed E-state index contributed by atoms with van der Waals surface area (Å²) in [4.78, 5) is 0. The normalized spacial score (nSPS) is 14.9. The van der Waals surface area contributed by atoms with Gasteiger partial charge in [0.15, 0.2) is 6.29 Å². The molecule has 0 rings (SSSR count). The maximum atomic E-state index is 9.04. The predicted octanol–water partition coefficient (Wildman–Crippen LogP) is 0.250. The third-order valence-corrected chi connectivity index (χ3v) is 2.20. The lowest BCUT2D eigenvalue weighted by molar-refractivity contribution is -0.114. The first-order valence-corrected chi connectivity index (χ1v) is 4.94. The fraction of sp³-hybridized carbons (Fsp3) is 0.900. The van der Waals surface area contributed by atoms with Crippen molar-refractivity contribution in [2.75, 3.05) is 27.4 Å². The van der Waals surface area contributed by atoms with Crippen LogP contribution < -0.4 is 5.32 Å². The number of aliphatic hydroxyl groups excluding tert-OH is 1. The molecule has 5 heteroatoms. The molecule has 5 nitrogen and oxygen atoms in total. The number of methoxy groups -OCH3 is 2. The van der Waals surface area contributed by atoms with Crippen molar-refractivity contribution in [1.82, 2.24) is 5.32 Å². The number of nitriles is 1. The molecule has 0 saturated carbocycles. The fourth-order valence-electron chi connectivity index (χ4n) is 1.20. The van der Waals surface area contributed by atoms with Crippen molar-refractivity contribution in [2.24, 2.45) is 0 Å². The second-order valence-corrected chi connectivity index (χ2v) is 3.55. The summed E-state index contributed by atoms with van der Waals surface area (Å²) in [5.74, 6) is 0. The number of hydrogen-bond donors (Lipinski definition) is 2. The zero-order valence-corrected chi connectivity index (χ0v) is 9.62. The SMILES string of the molecule is COC(CC(C)(C#N)NCCCO)OC. The van der Waals surface area contributed by atoms with Gasteiger partial charge in [0.05, 0.1) is 6.07 Å². The maximum Gasteiger partial charge on any atom is 0.159 e.